The molecule has 0 aliphatic rings. The molecule has 2 rings (SSSR count). The number of anilines is 2. The van der Waals surface area contributed by atoms with Gasteiger partial charge >= 0.3 is 5.97 Å². The van der Waals surface area contributed by atoms with Gasteiger partial charge in [0, 0.05) is 10.2 Å². The van der Waals surface area contributed by atoms with Crippen molar-refractivity contribution in [3.05, 3.63) is 62.4 Å². The van der Waals surface area contributed by atoms with Gasteiger partial charge in [-0.2, -0.15) is 0 Å². The molecule has 0 spiro atoms. The monoisotopic (exact) mass is 354 g/mol. The second kappa shape index (κ2) is 5.88. The Morgan fingerprint density at radius 1 is 1.29 bits per heavy atom. The van der Waals surface area contributed by atoms with Gasteiger partial charge in [0.25, 0.3) is 5.69 Å². The van der Waals surface area contributed by atoms with Crippen LogP contribution in [0.4, 0.5) is 21.5 Å². The molecule has 0 unspecified atom stereocenters. The van der Waals surface area contributed by atoms with E-state index in [0.717, 1.165) is 10.5 Å². The zero-order valence-electron chi connectivity index (χ0n) is 10.3. The van der Waals surface area contributed by atoms with Gasteiger partial charge in [-0.05, 0) is 30.3 Å². The molecule has 0 amide bonds. The molecule has 2 aromatic carbocycles. The number of hydrogen-bond acceptors (Lipinski definition) is 4. The van der Waals surface area contributed by atoms with Crippen LogP contribution in [-0.4, -0.2) is 16.0 Å². The molecule has 0 saturated carbocycles. The third-order valence-corrected chi connectivity index (χ3v) is 3.16. The summed E-state index contributed by atoms with van der Waals surface area (Å²) in [6, 6.07) is 8.20. The van der Waals surface area contributed by atoms with Gasteiger partial charge in [-0.15, -0.1) is 0 Å². The minimum absolute atomic E-state index is 0.152. The number of halogens is 2. The van der Waals surface area contributed by atoms with Crippen LogP contribution in [0.1, 0.15) is 10.4 Å². The largest absolute Gasteiger partial charge is 0.477 e. The first kappa shape index (κ1) is 14.9. The molecular formula is C13H8BrFN2O4. The Labute approximate surface area is 126 Å². The maximum atomic E-state index is 13.8. The van der Waals surface area contributed by atoms with E-state index in [1.54, 1.807) is 24.3 Å². The fraction of sp³-hybridized carbons (Fsp3) is 0. The predicted molar refractivity (Wildman–Crippen MR) is 77.4 cm³/mol. The molecular weight excluding hydrogens is 347 g/mol. The number of carboxylic acid groups (broad SMARTS) is 1. The normalized spacial score (nSPS) is 10.2. The molecule has 0 aliphatic heterocycles. The second-order valence-corrected chi connectivity index (χ2v) is 4.96. The minimum Gasteiger partial charge on any atom is -0.477 e. The summed E-state index contributed by atoms with van der Waals surface area (Å²) >= 11 is 3.25. The zero-order valence-corrected chi connectivity index (χ0v) is 11.9. The SMILES string of the molecule is O=C(O)c1cc(Nc2ccc(Br)cc2)c(F)cc1[N+](=O)[O-]. The first-order chi connectivity index (χ1) is 9.88. The molecule has 8 heteroatoms. The van der Waals surface area contributed by atoms with Crippen LogP contribution in [0.5, 0.6) is 0 Å². The summed E-state index contributed by atoms with van der Waals surface area (Å²) in [5, 5.41) is 22.4. The van der Waals surface area contributed by atoms with Crippen molar-refractivity contribution in [3.8, 4) is 0 Å². The summed E-state index contributed by atoms with van der Waals surface area (Å²) in [7, 11) is 0. The standard InChI is InChI=1S/C13H8BrFN2O4/c14-7-1-3-8(4-2-7)16-11-5-9(13(18)19)12(17(20)21)6-10(11)15/h1-6,16H,(H,18,19). The summed E-state index contributed by atoms with van der Waals surface area (Å²) in [6.07, 6.45) is 0. The van der Waals surface area contributed by atoms with Crippen molar-refractivity contribution in [2.24, 2.45) is 0 Å². The summed E-state index contributed by atoms with van der Waals surface area (Å²) in [5.41, 5.74) is -1.01. The van der Waals surface area contributed by atoms with Crippen LogP contribution in [0.2, 0.25) is 0 Å². The number of carbonyl (C=O) groups is 1. The lowest BCUT2D eigenvalue weighted by Gasteiger charge is -2.09. The lowest BCUT2D eigenvalue weighted by atomic mass is 10.1. The van der Waals surface area contributed by atoms with Crippen LogP contribution >= 0.6 is 15.9 Å². The van der Waals surface area contributed by atoms with E-state index in [9.17, 15) is 19.3 Å². The van der Waals surface area contributed by atoms with E-state index in [2.05, 4.69) is 21.2 Å². The van der Waals surface area contributed by atoms with Crippen molar-refractivity contribution in [2.75, 3.05) is 5.32 Å². The van der Waals surface area contributed by atoms with E-state index in [1.807, 2.05) is 0 Å². The number of benzene rings is 2. The molecule has 0 saturated heterocycles. The third-order valence-electron chi connectivity index (χ3n) is 2.64. The smallest absolute Gasteiger partial charge is 0.342 e. The predicted octanol–water partition coefficient (Wildman–Crippen LogP) is 3.94. The van der Waals surface area contributed by atoms with E-state index in [-0.39, 0.29) is 5.69 Å². The van der Waals surface area contributed by atoms with E-state index < -0.39 is 28.0 Å². The van der Waals surface area contributed by atoms with Gasteiger partial charge in [-0.3, -0.25) is 10.1 Å². The Morgan fingerprint density at radius 3 is 2.43 bits per heavy atom. The van der Waals surface area contributed by atoms with Crippen LogP contribution in [-0.2, 0) is 0 Å². The zero-order chi connectivity index (χ0) is 15.6. The number of aromatic carboxylic acids is 1. The van der Waals surface area contributed by atoms with Crippen molar-refractivity contribution < 1.29 is 19.2 Å². The Morgan fingerprint density at radius 2 is 1.90 bits per heavy atom. The first-order valence-electron chi connectivity index (χ1n) is 5.62. The lowest BCUT2D eigenvalue weighted by Crippen LogP contribution is -2.05. The highest BCUT2D eigenvalue weighted by Crippen LogP contribution is 2.28. The maximum absolute atomic E-state index is 13.8. The number of carboxylic acids is 1. The molecule has 0 aliphatic carbocycles. The van der Waals surface area contributed by atoms with Crippen molar-refractivity contribution >= 4 is 39.0 Å². The van der Waals surface area contributed by atoms with Gasteiger partial charge < -0.3 is 10.4 Å². The van der Waals surface area contributed by atoms with Gasteiger partial charge in [0.2, 0.25) is 0 Å². The second-order valence-electron chi connectivity index (χ2n) is 4.04. The topological polar surface area (TPSA) is 92.5 Å². The van der Waals surface area contributed by atoms with Gasteiger partial charge in [0.15, 0.2) is 5.82 Å². The summed E-state index contributed by atoms with van der Waals surface area (Å²) in [5.74, 6) is -2.41. The molecule has 0 atom stereocenters. The number of hydrogen-bond donors (Lipinski definition) is 2. The van der Waals surface area contributed by atoms with Crippen LogP contribution in [0, 0.1) is 15.9 Å². The third kappa shape index (κ3) is 3.34. The van der Waals surface area contributed by atoms with Crippen molar-refractivity contribution in [3.63, 3.8) is 0 Å². The van der Waals surface area contributed by atoms with Crippen molar-refractivity contribution in [1.29, 1.82) is 0 Å². The van der Waals surface area contributed by atoms with E-state index in [0.29, 0.717) is 11.8 Å². The van der Waals surface area contributed by atoms with Gasteiger partial charge in [-0.25, -0.2) is 9.18 Å². The molecule has 108 valence electrons. The molecule has 21 heavy (non-hydrogen) atoms. The highest BCUT2D eigenvalue weighted by Gasteiger charge is 2.23. The molecule has 0 bridgehead atoms. The fourth-order valence-electron chi connectivity index (χ4n) is 1.67. The molecule has 0 aromatic heterocycles. The Balaban J connectivity index is 2.44. The number of nitro benzene ring substituents is 1. The van der Waals surface area contributed by atoms with E-state index in [1.165, 1.54) is 0 Å². The van der Waals surface area contributed by atoms with E-state index in [4.69, 9.17) is 5.11 Å². The quantitative estimate of drug-likeness (QED) is 0.640. The minimum atomic E-state index is -1.50. The Bertz CT molecular complexity index is 719. The Hall–Kier alpha value is -2.48. The Kier molecular flexibility index (Phi) is 4.18. The highest BCUT2D eigenvalue weighted by atomic mass is 79.9. The molecule has 2 aromatic rings. The number of rotatable bonds is 4. The molecule has 0 radical (unpaired) electrons. The van der Waals surface area contributed by atoms with Crippen LogP contribution in [0.25, 0.3) is 0 Å². The van der Waals surface area contributed by atoms with Crippen molar-refractivity contribution in [2.45, 2.75) is 0 Å². The maximum Gasteiger partial charge on any atom is 0.342 e. The summed E-state index contributed by atoms with van der Waals surface area (Å²) < 4.78 is 14.7. The molecule has 0 heterocycles. The van der Waals surface area contributed by atoms with Gasteiger partial charge in [-0.1, -0.05) is 15.9 Å². The molecule has 6 nitrogen and oxygen atoms in total. The van der Waals surface area contributed by atoms with Crippen LogP contribution in [0.3, 0.4) is 0 Å². The van der Waals surface area contributed by atoms with E-state index >= 15 is 0 Å². The molecule has 0 fully saturated rings. The molecule has 2 N–H and O–H groups in total. The fourth-order valence-corrected chi connectivity index (χ4v) is 1.93. The average Bonchev–Trinajstić information content (AvgIpc) is 2.42. The average molecular weight is 355 g/mol. The van der Waals surface area contributed by atoms with Crippen LogP contribution < -0.4 is 5.32 Å². The van der Waals surface area contributed by atoms with Gasteiger partial charge in [0.1, 0.15) is 5.56 Å². The summed E-state index contributed by atoms with van der Waals surface area (Å²) in [4.78, 5) is 20.8. The first-order valence-corrected chi connectivity index (χ1v) is 6.41. The van der Waals surface area contributed by atoms with Crippen LogP contribution in [0.15, 0.2) is 40.9 Å². The lowest BCUT2D eigenvalue weighted by molar-refractivity contribution is -0.385. The summed E-state index contributed by atoms with van der Waals surface area (Å²) in [6.45, 7) is 0. The van der Waals surface area contributed by atoms with Crippen molar-refractivity contribution in [1.82, 2.24) is 0 Å². The van der Waals surface area contributed by atoms with Gasteiger partial charge in [0.05, 0.1) is 16.7 Å². The highest BCUT2D eigenvalue weighted by molar-refractivity contribution is 9.10. The number of nitro groups is 1. The number of nitrogens with zero attached hydrogens (tertiary/aromatic N) is 1. The number of nitrogens with one attached hydrogen (secondary N) is 1.